The van der Waals surface area contributed by atoms with Gasteiger partial charge in [-0.15, -0.1) is 0 Å². The van der Waals surface area contributed by atoms with Crippen molar-refractivity contribution >= 4 is 0 Å². The standard InChI is InChI=1S/C31H38O11/c1-37-23-12-18(7-8-22(23)35)28(36)27(16-34)41-31-25(39-3)13-19(14-26(31)40-4)29-21(15-33)20-10-17(6-5-9-32)11-24(38-2)30(20)42-29/h7-8,10-14,21,27-29,32-36H,5-6,9,15-16H2,1-4H3/t21-,27+,28-,29+/m1/s1. The highest BCUT2D eigenvalue weighted by atomic mass is 16.6. The van der Waals surface area contributed by atoms with Gasteiger partial charge in [0.25, 0.3) is 0 Å². The number of hydrogen-bond donors (Lipinski definition) is 5. The maximum Gasteiger partial charge on any atom is 0.204 e. The predicted octanol–water partition coefficient (Wildman–Crippen LogP) is 3.03. The number of phenolic OH excluding ortho intramolecular Hbond substituents is 1. The summed E-state index contributed by atoms with van der Waals surface area (Å²) in [4.78, 5) is 0. The Balaban J connectivity index is 1.68. The third-order valence-corrected chi connectivity index (χ3v) is 7.35. The van der Waals surface area contributed by atoms with Crippen LogP contribution in [0, 0.1) is 0 Å². The van der Waals surface area contributed by atoms with E-state index in [1.54, 1.807) is 19.2 Å². The number of rotatable bonds is 14. The third kappa shape index (κ3) is 6.14. The lowest BCUT2D eigenvalue weighted by atomic mass is 9.90. The first-order valence-electron chi connectivity index (χ1n) is 13.5. The molecule has 42 heavy (non-hydrogen) atoms. The molecule has 0 radical (unpaired) electrons. The van der Waals surface area contributed by atoms with E-state index in [0.717, 1.165) is 11.1 Å². The van der Waals surface area contributed by atoms with Gasteiger partial charge in [-0.1, -0.05) is 12.1 Å². The highest BCUT2D eigenvalue weighted by Gasteiger charge is 2.39. The highest BCUT2D eigenvalue weighted by Crippen LogP contribution is 2.53. The van der Waals surface area contributed by atoms with Gasteiger partial charge in [-0.05, 0) is 54.3 Å². The van der Waals surface area contributed by atoms with Gasteiger partial charge >= 0.3 is 0 Å². The van der Waals surface area contributed by atoms with Crippen molar-refractivity contribution in [1.82, 2.24) is 0 Å². The number of aromatic hydroxyl groups is 1. The fourth-order valence-electron chi connectivity index (χ4n) is 5.16. The number of aliphatic hydroxyl groups is 4. The smallest absolute Gasteiger partial charge is 0.204 e. The number of phenols is 1. The Hall–Kier alpha value is -3.90. The fraction of sp³-hybridized carbons (Fsp3) is 0.419. The molecule has 0 fully saturated rings. The number of methoxy groups -OCH3 is 4. The maximum absolute atomic E-state index is 11.0. The van der Waals surface area contributed by atoms with Crippen molar-refractivity contribution in [2.24, 2.45) is 0 Å². The minimum Gasteiger partial charge on any atom is -0.504 e. The summed E-state index contributed by atoms with van der Waals surface area (Å²) >= 11 is 0. The van der Waals surface area contributed by atoms with E-state index in [2.05, 4.69) is 0 Å². The minimum absolute atomic E-state index is 0.0628. The molecule has 11 nitrogen and oxygen atoms in total. The number of aryl methyl sites for hydroxylation is 1. The topological polar surface area (TPSA) is 157 Å². The molecule has 0 spiro atoms. The Morgan fingerprint density at radius 2 is 1.50 bits per heavy atom. The molecule has 4 rings (SSSR count). The molecule has 1 heterocycles. The van der Waals surface area contributed by atoms with Crippen LogP contribution < -0.4 is 28.4 Å². The van der Waals surface area contributed by atoms with E-state index in [4.69, 9.17) is 28.4 Å². The van der Waals surface area contributed by atoms with Gasteiger partial charge in [-0.3, -0.25) is 0 Å². The monoisotopic (exact) mass is 586 g/mol. The Morgan fingerprint density at radius 3 is 2.07 bits per heavy atom. The van der Waals surface area contributed by atoms with Crippen molar-refractivity contribution in [3.05, 3.63) is 64.7 Å². The van der Waals surface area contributed by atoms with Crippen LogP contribution in [0.5, 0.6) is 40.2 Å². The molecule has 0 aliphatic carbocycles. The molecule has 0 bridgehead atoms. The second-order valence-corrected chi connectivity index (χ2v) is 9.84. The Labute approximate surface area is 244 Å². The molecule has 0 saturated heterocycles. The first-order valence-corrected chi connectivity index (χ1v) is 13.5. The van der Waals surface area contributed by atoms with Crippen LogP contribution in [-0.4, -0.2) is 79.9 Å². The molecule has 4 atom stereocenters. The minimum atomic E-state index is -1.29. The van der Waals surface area contributed by atoms with Crippen LogP contribution in [0.25, 0.3) is 0 Å². The molecule has 0 aromatic heterocycles. The quantitative estimate of drug-likeness (QED) is 0.189. The van der Waals surface area contributed by atoms with E-state index in [1.807, 2.05) is 12.1 Å². The molecular formula is C31H38O11. The molecule has 0 unspecified atom stereocenters. The van der Waals surface area contributed by atoms with E-state index < -0.39 is 30.8 Å². The van der Waals surface area contributed by atoms with Crippen LogP contribution in [0.4, 0.5) is 0 Å². The van der Waals surface area contributed by atoms with Crippen molar-refractivity contribution in [3.63, 3.8) is 0 Å². The SMILES string of the molecule is COc1cc([C@@H](O)[C@H](CO)Oc2c(OC)cc([C@@H]3Oc4c(OC)cc(CCCO)cc4[C@H]3CO)cc2OC)ccc1O. The average molecular weight is 587 g/mol. The Kier molecular flexibility index (Phi) is 10.2. The zero-order chi connectivity index (χ0) is 30.4. The highest BCUT2D eigenvalue weighted by molar-refractivity contribution is 5.58. The van der Waals surface area contributed by atoms with E-state index >= 15 is 0 Å². The summed E-state index contributed by atoms with van der Waals surface area (Å²) < 4.78 is 34.4. The Bertz CT molecular complexity index is 1330. The van der Waals surface area contributed by atoms with Gasteiger partial charge in [0.1, 0.15) is 12.2 Å². The molecule has 11 heteroatoms. The molecule has 1 aliphatic rings. The van der Waals surface area contributed by atoms with E-state index in [9.17, 15) is 25.5 Å². The zero-order valence-corrected chi connectivity index (χ0v) is 24.1. The summed E-state index contributed by atoms with van der Waals surface area (Å²) in [6.07, 6.45) is -1.81. The lowest BCUT2D eigenvalue weighted by Crippen LogP contribution is -2.29. The summed E-state index contributed by atoms with van der Waals surface area (Å²) in [6, 6.07) is 11.6. The molecule has 1 aliphatic heterocycles. The summed E-state index contributed by atoms with van der Waals surface area (Å²) in [5, 5.41) is 50.8. The predicted molar refractivity (Wildman–Crippen MR) is 152 cm³/mol. The van der Waals surface area contributed by atoms with Gasteiger partial charge in [0.05, 0.1) is 47.6 Å². The zero-order valence-electron chi connectivity index (χ0n) is 24.1. The van der Waals surface area contributed by atoms with Gasteiger partial charge < -0.3 is 54.0 Å². The lowest BCUT2D eigenvalue weighted by Gasteiger charge is -2.26. The fourth-order valence-corrected chi connectivity index (χ4v) is 5.16. The van der Waals surface area contributed by atoms with Crippen LogP contribution in [0.3, 0.4) is 0 Å². The van der Waals surface area contributed by atoms with E-state index in [0.29, 0.717) is 35.5 Å². The third-order valence-electron chi connectivity index (χ3n) is 7.35. The van der Waals surface area contributed by atoms with Crippen molar-refractivity contribution in [1.29, 1.82) is 0 Å². The van der Waals surface area contributed by atoms with E-state index in [1.165, 1.54) is 39.5 Å². The van der Waals surface area contributed by atoms with Crippen molar-refractivity contribution in [2.75, 3.05) is 48.3 Å². The maximum atomic E-state index is 11.0. The first kappa shape index (κ1) is 31.0. The van der Waals surface area contributed by atoms with Crippen LogP contribution >= 0.6 is 0 Å². The number of ether oxygens (including phenoxy) is 6. The average Bonchev–Trinajstić information content (AvgIpc) is 3.40. The molecule has 3 aromatic rings. The van der Waals surface area contributed by atoms with Crippen LogP contribution in [0.15, 0.2) is 42.5 Å². The summed E-state index contributed by atoms with van der Waals surface area (Å²) in [6.45, 7) is -0.695. The molecule has 0 saturated carbocycles. The van der Waals surface area contributed by atoms with Crippen LogP contribution in [0.2, 0.25) is 0 Å². The molecule has 3 aromatic carbocycles. The largest absolute Gasteiger partial charge is 0.504 e. The molecular weight excluding hydrogens is 548 g/mol. The second kappa shape index (κ2) is 13.8. The van der Waals surface area contributed by atoms with Gasteiger partial charge in [0.2, 0.25) is 5.75 Å². The summed E-state index contributed by atoms with van der Waals surface area (Å²) in [5.74, 6) is 1.36. The normalized spacial score (nSPS) is 17.1. The summed E-state index contributed by atoms with van der Waals surface area (Å²) in [5.41, 5.74) is 2.74. The van der Waals surface area contributed by atoms with Crippen molar-refractivity contribution in [2.45, 2.75) is 37.1 Å². The van der Waals surface area contributed by atoms with E-state index in [-0.39, 0.29) is 42.0 Å². The van der Waals surface area contributed by atoms with Gasteiger partial charge in [0.15, 0.2) is 40.6 Å². The van der Waals surface area contributed by atoms with Gasteiger partial charge in [-0.25, -0.2) is 0 Å². The van der Waals surface area contributed by atoms with Crippen molar-refractivity contribution in [3.8, 4) is 40.2 Å². The number of fused-ring (bicyclic) bond motifs is 1. The molecule has 228 valence electrons. The number of hydrogen-bond acceptors (Lipinski definition) is 11. The van der Waals surface area contributed by atoms with Gasteiger partial charge in [0, 0.05) is 17.7 Å². The number of aliphatic hydroxyl groups excluding tert-OH is 4. The van der Waals surface area contributed by atoms with Crippen molar-refractivity contribution < 1.29 is 54.0 Å². The Morgan fingerprint density at radius 1 is 0.833 bits per heavy atom. The first-order chi connectivity index (χ1) is 20.3. The summed E-state index contributed by atoms with van der Waals surface area (Å²) in [7, 11) is 5.84. The van der Waals surface area contributed by atoms with Crippen LogP contribution in [-0.2, 0) is 6.42 Å². The van der Waals surface area contributed by atoms with Gasteiger partial charge in [-0.2, -0.15) is 0 Å². The number of benzene rings is 3. The molecule has 5 N–H and O–H groups in total. The van der Waals surface area contributed by atoms with Crippen LogP contribution in [0.1, 0.15) is 46.8 Å². The molecule has 0 amide bonds. The second-order valence-electron chi connectivity index (χ2n) is 9.84. The lowest BCUT2D eigenvalue weighted by molar-refractivity contribution is -0.00180.